The Labute approximate surface area is 56.1 Å². The van der Waals surface area contributed by atoms with E-state index in [1.165, 1.54) is 25.7 Å². The lowest BCUT2D eigenvalue weighted by molar-refractivity contribution is 0.139. The van der Waals surface area contributed by atoms with Crippen LogP contribution in [0.5, 0.6) is 0 Å². The molecule has 0 aliphatic heterocycles. The van der Waals surface area contributed by atoms with Crippen LogP contribution in [-0.2, 0) is 0 Å². The van der Waals surface area contributed by atoms with Crippen LogP contribution in [0.1, 0.15) is 32.1 Å². The lowest BCUT2D eigenvalue weighted by Crippen LogP contribution is -2.07. The highest BCUT2D eigenvalue weighted by molar-refractivity contribution is 4.92. The molecule has 1 unspecified atom stereocenters. The first-order valence-corrected chi connectivity index (χ1v) is 4.06. The maximum Gasteiger partial charge on any atom is 0.0571 e. The van der Waals surface area contributed by atoms with Gasteiger partial charge in [0.05, 0.1) is 6.10 Å². The number of hydrogen-bond acceptors (Lipinski definition) is 1. The van der Waals surface area contributed by atoms with Gasteiger partial charge in [0.2, 0.25) is 0 Å². The van der Waals surface area contributed by atoms with Crippen LogP contribution in [-0.4, -0.2) is 11.2 Å². The van der Waals surface area contributed by atoms with Crippen LogP contribution < -0.4 is 0 Å². The van der Waals surface area contributed by atoms with Gasteiger partial charge in [-0.1, -0.05) is 19.3 Å². The Hall–Kier alpha value is -0.0400. The fraction of sp³-hybridized carbons (Fsp3) is 1.00. The summed E-state index contributed by atoms with van der Waals surface area (Å²) in [5.74, 6) is 1.63. The maximum atomic E-state index is 9.40. The summed E-state index contributed by atoms with van der Waals surface area (Å²) in [6, 6.07) is 0. The minimum Gasteiger partial charge on any atom is -0.393 e. The van der Waals surface area contributed by atoms with E-state index in [9.17, 15) is 5.11 Å². The van der Waals surface area contributed by atoms with Gasteiger partial charge in [-0.05, 0) is 24.7 Å². The predicted octanol–water partition coefficient (Wildman–Crippen LogP) is 1.56. The van der Waals surface area contributed by atoms with Gasteiger partial charge in [0.15, 0.2) is 0 Å². The van der Waals surface area contributed by atoms with E-state index in [4.69, 9.17) is 0 Å². The van der Waals surface area contributed by atoms with Crippen molar-refractivity contribution in [3.05, 3.63) is 0 Å². The van der Waals surface area contributed by atoms with Gasteiger partial charge in [0.25, 0.3) is 0 Å². The van der Waals surface area contributed by atoms with Crippen LogP contribution in [0.15, 0.2) is 0 Å². The third-order valence-electron chi connectivity index (χ3n) is 2.80. The van der Waals surface area contributed by atoms with Crippen LogP contribution >= 0.6 is 0 Å². The second-order valence-electron chi connectivity index (χ2n) is 3.51. The van der Waals surface area contributed by atoms with Crippen molar-refractivity contribution in [1.82, 2.24) is 0 Å². The van der Waals surface area contributed by atoms with E-state index >= 15 is 0 Å². The smallest absolute Gasteiger partial charge is 0.0571 e. The van der Waals surface area contributed by atoms with Crippen molar-refractivity contribution in [1.29, 1.82) is 0 Å². The highest BCUT2D eigenvalue weighted by Gasteiger charge is 2.42. The molecule has 0 spiro atoms. The average Bonchev–Trinajstić information content (AvgIpc) is 2.55. The summed E-state index contributed by atoms with van der Waals surface area (Å²) in [6.07, 6.45) is 6.47. The Balaban J connectivity index is 1.96. The zero-order chi connectivity index (χ0) is 6.27. The molecule has 0 aromatic heterocycles. The van der Waals surface area contributed by atoms with Crippen LogP contribution in [0.25, 0.3) is 0 Å². The molecule has 2 aliphatic carbocycles. The molecule has 2 fully saturated rings. The Bertz CT molecular complexity index is 111. The molecule has 0 aromatic rings. The first-order chi connectivity index (χ1) is 4.38. The molecule has 1 heteroatoms. The summed E-state index contributed by atoms with van der Waals surface area (Å²) in [5.41, 5.74) is 0. The zero-order valence-corrected chi connectivity index (χ0v) is 5.71. The van der Waals surface area contributed by atoms with Crippen LogP contribution in [0, 0.1) is 11.8 Å². The molecule has 2 saturated carbocycles. The van der Waals surface area contributed by atoms with Gasteiger partial charge < -0.3 is 5.11 Å². The molecule has 0 radical (unpaired) electrons. The number of aliphatic hydroxyl groups excluding tert-OH is 1. The van der Waals surface area contributed by atoms with Crippen molar-refractivity contribution in [2.75, 3.05) is 0 Å². The number of aliphatic hydroxyl groups is 1. The molecule has 0 aromatic carbocycles. The largest absolute Gasteiger partial charge is 0.393 e. The average molecular weight is 126 g/mol. The summed E-state index contributed by atoms with van der Waals surface area (Å²) >= 11 is 0. The third-order valence-corrected chi connectivity index (χ3v) is 2.80. The van der Waals surface area contributed by atoms with E-state index in [1.807, 2.05) is 0 Å². The van der Waals surface area contributed by atoms with Crippen molar-refractivity contribution in [2.45, 2.75) is 38.2 Å². The van der Waals surface area contributed by atoms with Gasteiger partial charge in [-0.25, -0.2) is 0 Å². The second-order valence-corrected chi connectivity index (χ2v) is 3.51. The number of hydrogen-bond donors (Lipinski definition) is 1. The molecule has 9 heavy (non-hydrogen) atoms. The standard InChI is InChI=1S/C8H14O/c9-8-4-2-1-3-6-5-7(6)8/h6-9H,1-5H2/t6-,7+,8?/m0/s1. The summed E-state index contributed by atoms with van der Waals surface area (Å²) in [5, 5.41) is 9.40. The summed E-state index contributed by atoms with van der Waals surface area (Å²) < 4.78 is 0. The van der Waals surface area contributed by atoms with E-state index < -0.39 is 0 Å². The van der Waals surface area contributed by atoms with Crippen molar-refractivity contribution < 1.29 is 5.11 Å². The molecule has 0 bridgehead atoms. The quantitative estimate of drug-likeness (QED) is 0.522. The van der Waals surface area contributed by atoms with Gasteiger partial charge in [0, 0.05) is 0 Å². The molecule has 0 saturated heterocycles. The van der Waals surface area contributed by atoms with Crippen LogP contribution in [0.4, 0.5) is 0 Å². The first-order valence-electron chi connectivity index (χ1n) is 4.06. The summed E-state index contributed by atoms with van der Waals surface area (Å²) in [7, 11) is 0. The molecule has 1 nitrogen and oxygen atoms in total. The zero-order valence-electron chi connectivity index (χ0n) is 5.71. The Kier molecular flexibility index (Phi) is 1.26. The number of rotatable bonds is 0. The molecule has 0 amide bonds. The first kappa shape index (κ1) is 5.72. The molecular formula is C8H14O. The minimum absolute atomic E-state index is 0.0671. The molecule has 52 valence electrons. The Morgan fingerprint density at radius 3 is 2.78 bits per heavy atom. The van der Waals surface area contributed by atoms with Crippen molar-refractivity contribution in [2.24, 2.45) is 11.8 Å². The highest BCUT2D eigenvalue weighted by Crippen LogP contribution is 2.47. The summed E-state index contributed by atoms with van der Waals surface area (Å²) in [6.45, 7) is 0. The van der Waals surface area contributed by atoms with E-state index in [1.54, 1.807) is 0 Å². The lowest BCUT2D eigenvalue weighted by atomic mass is 10.1. The highest BCUT2D eigenvalue weighted by atomic mass is 16.3. The molecular weight excluding hydrogens is 112 g/mol. The van der Waals surface area contributed by atoms with Gasteiger partial charge >= 0.3 is 0 Å². The fourth-order valence-electron chi connectivity index (χ4n) is 2.05. The summed E-state index contributed by atoms with van der Waals surface area (Å²) in [4.78, 5) is 0. The Morgan fingerprint density at radius 1 is 1.11 bits per heavy atom. The van der Waals surface area contributed by atoms with E-state index in [0.29, 0.717) is 5.92 Å². The van der Waals surface area contributed by atoms with Crippen molar-refractivity contribution in [3.8, 4) is 0 Å². The third kappa shape index (κ3) is 0.983. The molecule has 2 aliphatic rings. The lowest BCUT2D eigenvalue weighted by Gasteiger charge is -2.04. The maximum absolute atomic E-state index is 9.40. The molecule has 1 N–H and O–H groups in total. The van der Waals surface area contributed by atoms with Gasteiger partial charge in [0.1, 0.15) is 0 Å². The normalized spacial score (nSPS) is 49.7. The topological polar surface area (TPSA) is 20.2 Å². The van der Waals surface area contributed by atoms with E-state index in [2.05, 4.69) is 0 Å². The Morgan fingerprint density at radius 2 is 1.89 bits per heavy atom. The van der Waals surface area contributed by atoms with Gasteiger partial charge in [-0.15, -0.1) is 0 Å². The van der Waals surface area contributed by atoms with Crippen LogP contribution in [0.2, 0.25) is 0 Å². The van der Waals surface area contributed by atoms with E-state index in [0.717, 1.165) is 12.3 Å². The SMILES string of the molecule is OC1CCCC[C@H]2C[C@@H]12. The van der Waals surface area contributed by atoms with Gasteiger partial charge in [-0.2, -0.15) is 0 Å². The minimum atomic E-state index is 0.0671. The molecule has 3 atom stereocenters. The molecule has 2 rings (SSSR count). The second kappa shape index (κ2) is 1.98. The van der Waals surface area contributed by atoms with E-state index in [-0.39, 0.29) is 6.10 Å². The number of fused-ring (bicyclic) bond motifs is 1. The fourth-order valence-corrected chi connectivity index (χ4v) is 2.05. The molecule has 0 heterocycles. The monoisotopic (exact) mass is 126 g/mol. The van der Waals surface area contributed by atoms with Crippen molar-refractivity contribution >= 4 is 0 Å². The van der Waals surface area contributed by atoms with Crippen molar-refractivity contribution in [3.63, 3.8) is 0 Å². The van der Waals surface area contributed by atoms with Crippen LogP contribution in [0.3, 0.4) is 0 Å². The van der Waals surface area contributed by atoms with Gasteiger partial charge in [-0.3, -0.25) is 0 Å². The predicted molar refractivity (Wildman–Crippen MR) is 36.1 cm³/mol.